The van der Waals surface area contributed by atoms with Gasteiger partial charge in [0.25, 0.3) is 5.91 Å². The number of ether oxygens (including phenoxy) is 2. The molecule has 0 radical (unpaired) electrons. The molecule has 5 rings (SSSR count). The number of benzene rings is 2. The van der Waals surface area contributed by atoms with Crippen molar-refractivity contribution in [3.8, 4) is 11.5 Å². The van der Waals surface area contributed by atoms with Gasteiger partial charge in [-0.25, -0.2) is 0 Å². The molecule has 1 amide bonds. The van der Waals surface area contributed by atoms with Gasteiger partial charge < -0.3 is 14.8 Å². The van der Waals surface area contributed by atoms with Crippen LogP contribution in [-0.4, -0.2) is 40.8 Å². The molecule has 1 saturated carbocycles. The number of aromatic nitrogens is 2. The van der Waals surface area contributed by atoms with Gasteiger partial charge >= 0.3 is 0 Å². The minimum atomic E-state index is -0.144. The monoisotopic (exact) mass is 474 g/mol. The Hall–Kier alpha value is -3.32. The number of carbonyl (C=O) groups is 1. The summed E-state index contributed by atoms with van der Waals surface area (Å²) in [6.45, 7) is 4.21. The first-order valence-corrected chi connectivity index (χ1v) is 12.5. The van der Waals surface area contributed by atoms with Crippen LogP contribution in [0.3, 0.4) is 0 Å². The Morgan fingerprint density at radius 2 is 1.83 bits per heavy atom. The largest absolute Gasteiger partial charge is 0.493 e. The number of likely N-dealkylation sites (tertiary alicyclic amines) is 1. The molecule has 1 aromatic heterocycles. The SMILES string of the molecule is COc1c(CNC(=O)c2cc(C3CC3)nn2C)cccc1OCc1ccc(CN2CCCC2)cc1. The standard InChI is InChI=1S/C28H34N4O3/c1-31-25(16-24(30-31)22-12-13-22)28(33)29-17-23-6-5-7-26(27(23)34-2)35-19-21-10-8-20(9-11-21)18-32-14-3-4-15-32/h5-11,16,22H,3-4,12-15,17-19H2,1-2H3,(H,29,33). The molecule has 35 heavy (non-hydrogen) atoms. The highest BCUT2D eigenvalue weighted by molar-refractivity contribution is 5.92. The first kappa shape index (κ1) is 23.4. The second-order valence-electron chi connectivity index (χ2n) is 9.57. The Morgan fingerprint density at radius 1 is 1.09 bits per heavy atom. The fraction of sp³-hybridized carbons (Fsp3) is 0.429. The van der Waals surface area contributed by atoms with Crippen molar-refractivity contribution in [3.63, 3.8) is 0 Å². The third-order valence-corrected chi connectivity index (χ3v) is 6.85. The van der Waals surface area contributed by atoms with Crippen molar-refractivity contribution in [3.05, 3.63) is 76.6 Å². The lowest BCUT2D eigenvalue weighted by Gasteiger charge is -2.16. The zero-order valence-corrected chi connectivity index (χ0v) is 20.6. The quantitative estimate of drug-likeness (QED) is 0.471. The number of aryl methyl sites for hydroxylation is 1. The van der Waals surface area contributed by atoms with Crippen molar-refractivity contribution in [2.45, 2.75) is 51.3 Å². The molecule has 0 bridgehead atoms. The Bertz CT molecular complexity index is 1160. The lowest BCUT2D eigenvalue weighted by atomic mass is 10.1. The van der Waals surface area contributed by atoms with Crippen LogP contribution in [0.2, 0.25) is 0 Å². The molecule has 0 spiro atoms. The molecule has 2 fully saturated rings. The summed E-state index contributed by atoms with van der Waals surface area (Å²) < 4.78 is 13.4. The van der Waals surface area contributed by atoms with Crippen LogP contribution in [0.1, 0.15) is 64.5 Å². The summed E-state index contributed by atoms with van der Waals surface area (Å²) in [6.07, 6.45) is 4.93. The van der Waals surface area contributed by atoms with Gasteiger partial charge in [0.15, 0.2) is 11.5 Å². The molecule has 1 aliphatic carbocycles. The lowest BCUT2D eigenvalue weighted by Crippen LogP contribution is -2.25. The maximum atomic E-state index is 12.8. The Morgan fingerprint density at radius 3 is 2.54 bits per heavy atom. The highest BCUT2D eigenvalue weighted by Crippen LogP contribution is 2.39. The van der Waals surface area contributed by atoms with Crippen LogP contribution in [0, 0.1) is 0 Å². The van der Waals surface area contributed by atoms with Gasteiger partial charge in [-0.15, -0.1) is 0 Å². The van der Waals surface area contributed by atoms with E-state index in [2.05, 4.69) is 39.6 Å². The van der Waals surface area contributed by atoms with Gasteiger partial charge in [-0.05, 0) is 62.0 Å². The fourth-order valence-corrected chi connectivity index (χ4v) is 4.69. The van der Waals surface area contributed by atoms with Crippen molar-refractivity contribution in [1.29, 1.82) is 0 Å². The number of hydrogen-bond acceptors (Lipinski definition) is 5. The van der Waals surface area contributed by atoms with E-state index < -0.39 is 0 Å². The molecular formula is C28H34N4O3. The van der Waals surface area contributed by atoms with Crippen molar-refractivity contribution < 1.29 is 14.3 Å². The van der Waals surface area contributed by atoms with Gasteiger partial charge in [0.05, 0.1) is 12.8 Å². The van der Waals surface area contributed by atoms with E-state index in [1.165, 1.54) is 31.5 Å². The van der Waals surface area contributed by atoms with Crippen LogP contribution >= 0.6 is 0 Å². The van der Waals surface area contributed by atoms with Gasteiger partial charge in [-0.1, -0.05) is 36.4 Å². The number of para-hydroxylation sites is 1. The molecule has 184 valence electrons. The van der Waals surface area contributed by atoms with E-state index in [0.717, 1.165) is 36.2 Å². The summed E-state index contributed by atoms with van der Waals surface area (Å²) in [5, 5.41) is 7.49. The van der Waals surface area contributed by atoms with Crippen LogP contribution in [0.4, 0.5) is 0 Å². The molecule has 2 heterocycles. The Kier molecular flexibility index (Phi) is 7.04. The topological polar surface area (TPSA) is 68.6 Å². The Balaban J connectivity index is 1.19. The number of hydrogen-bond donors (Lipinski definition) is 1. The highest BCUT2D eigenvalue weighted by Gasteiger charge is 2.28. The molecule has 2 aliphatic rings. The van der Waals surface area contributed by atoms with Crippen LogP contribution in [0.5, 0.6) is 11.5 Å². The smallest absolute Gasteiger partial charge is 0.269 e. The molecule has 0 unspecified atom stereocenters. The maximum Gasteiger partial charge on any atom is 0.269 e. The van der Waals surface area contributed by atoms with Crippen LogP contribution in [-0.2, 0) is 26.7 Å². The van der Waals surface area contributed by atoms with Crippen molar-refractivity contribution in [1.82, 2.24) is 20.0 Å². The van der Waals surface area contributed by atoms with Gasteiger partial charge in [0.2, 0.25) is 0 Å². The molecule has 1 N–H and O–H groups in total. The van der Waals surface area contributed by atoms with Crippen LogP contribution in [0.25, 0.3) is 0 Å². The van der Waals surface area contributed by atoms with Crippen molar-refractivity contribution >= 4 is 5.91 Å². The number of nitrogens with zero attached hydrogens (tertiary/aromatic N) is 3. The fourth-order valence-electron chi connectivity index (χ4n) is 4.69. The predicted molar refractivity (Wildman–Crippen MR) is 135 cm³/mol. The average Bonchev–Trinajstić information content (AvgIpc) is 3.46. The minimum Gasteiger partial charge on any atom is -0.493 e. The second kappa shape index (κ2) is 10.5. The third-order valence-electron chi connectivity index (χ3n) is 6.85. The summed E-state index contributed by atoms with van der Waals surface area (Å²) in [4.78, 5) is 15.3. The number of methoxy groups -OCH3 is 1. The summed E-state index contributed by atoms with van der Waals surface area (Å²) in [7, 11) is 3.44. The number of nitrogens with one attached hydrogen (secondary N) is 1. The van der Waals surface area contributed by atoms with E-state index in [4.69, 9.17) is 9.47 Å². The van der Waals surface area contributed by atoms with E-state index in [-0.39, 0.29) is 5.91 Å². The Labute approximate surface area is 207 Å². The molecule has 2 aromatic carbocycles. The first-order valence-electron chi connectivity index (χ1n) is 12.5. The zero-order chi connectivity index (χ0) is 24.2. The van der Waals surface area contributed by atoms with E-state index >= 15 is 0 Å². The summed E-state index contributed by atoms with van der Waals surface area (Å²) in [5.41, 5.74) is 4.90. The van der Waals surface area contributed by atoms with E-state index in [1.54, 1.807) is 11.8 Å². The highest BCUT2D eigenvalue weighted by atomic mass is 16.5. The van der Waals surface area contributed by atoms with Gasteiger partial charge in [-0.3, -0.25) is 14.4 Å². The molecular weight excluding hydrogens is 440 g/mol. The van der Waals surface area contributed by atoms with E-state index in [9.17, 15) is 4.79 Å². The summed E-state index contributed by atoms with van der Waals surface area (Å²) in [5.74, 6) is 1.67. The molecule has 0 atom stereocenters. The molecule has 3 aromatic rings. The minimum absolute atomic E-state index is 0.144. The van der Waals surface area contributed by atoms with Gasteiger partial charge in [-0.2, -0.15) is 5.10 Å². The van der Waals surface area contributed by atoms with Crippen LogP contribution < -0.4 is 14.8 Å². The van der Waals surface area contributed by atoms with E-state index in [1.807, 2.05) is 31.3 Å². The van der Waals surface area contributed by atoms with E-state index in [0.29, 0.717) is 36.3 Å². The number of amides is 1. The number of carbonyl (C=O) groups excluding carboxylic acids is 1. The third kappa shape index (κ3) is 5.68. The van der Waals surface area contributed by atoms with Crippen molar-refractivity contribution in [2.24, 2.45) is 7.05 Å². The van der Waals surface area contributed by atoms with Crippen LogP contribution in [0.15, 0.2) is 48.5 Å². The summed E-state index contributed by atoms with van der Waals surface area (Å²) >= 11 is 0. The van der Waals surface area contributed by atoms with Crippen molar-refractivity contribution in [2.75, 3.05) is 20.2 Å². The normalized spacial score (nSPS) is 15.8. The maximum absolute atomic E-state index is 12.8. The molecule has 1 aliphatic heterocycles. The average molecular weight is 475 g/mol. The van der Waals surface area contributed by atoms with Gasteiger partial charge in [0.1, 0.15) is 12.3 Å². The second-order valence-corrected chi connectivity index (χ2v) is 9.57. The molecule has 7 nitrogen and oxygen atoms in total. The number of rotatable bonds is 10. The molecule has 1 saturated heterocycles. The molecule has 7 heteroatoms. The zero-order valence-electron chi connectivity index (χ0n) is 20.6. The predicted octanol–water partition coefficient (Wildman–Crippen LogP) is 4.41. The first-order chi connectivity index (χ1) is 17.1. The van der Waals surface area contributed by atoms with Gasteiger partial charge in [0, 0.05) is 31.6 Å². The lowest BCUT2D eigenvalue weighted by molar-refractivity contribution is 0.0941. The summed E-state index contributed by atoms with van der Waals surface area (Å²) in [6, 6.07) is 16.3.